The second-order valence-corrected chi connectivity index (χ2v) is 4.32. The topological polar surface area (TPSA) is 43.8 Å². The summed E-state index contributed by atoms with van der Waals surface area (Å²) in [4.78, 5) is 4.60. The molecule has 1 fully saturated rings. The molecule has 0 aliphatic heterocycles. The third kappa shape index (κ3) is 1.78. The average Bonchev–Trinajstić information content (AvgIpc) is 2.81. The van der Waals surface area contributed by atoms with Gasteiger partial charge in [-0.1, -0.05) is 18.9 Å². The molecule has 1 aromatic heterocycles. The van der Waals surface area contributed by atoms with E-state index in [-0.39, 0.29) is 0 Å². The Morgan fingerprint density at radius 3 is 2.80 bits per heavy atom. The van der Waals surface area contributed by atoms with E-state index in [1.54, 1.807) is 0 Å². The quantitative estimate of drug-likeness (QED) is 0.771. The van der Waals surface area contributed by atoms with Gasteiger partial charge >= 0.3 is 0 Å². The van der Waals surface area contributed by atoms with Gasteiger partial charge in [0.25, 0.3) is 0 Å². The molecule has 0 amide bonds. The van der Waals surface area contributed by atoms with Gasteiger partial charge in [-0.25, -0.2) is 4.98 Å². The minimum absolute atomic E-state index is 0.612. The summed E-state index contributed by atoms with van der Waals surface area (Å²) in [5.74, 6) is 2.58. The van der Waals surface area contributed by atoms with Crippen LogP contribution < -0.4 is 5.73 Å². The maximum Gasteiger partial charge on any atom is 0.126 e. The highest BCUT2D eigenvalue weighted by Crippen LogP contribution is 2.34. The number of hydrogen-bond acceptors (Lipinski definition) is 2. The highest BCUT2D eigenvalue weighted by atomic mass is 15.1. The zero-order valence-corrected chi connectivity index (χ0v) is 9.37. The Kier molecular flexibility index (Phi) is 2.80. The molecule has 0 atom stereocenters. The van der Waals surface area contributed by atoms with E-state index in [0.717, 1.165) is 18.1 Å². The van der Waals surface area contributed by atoms with Crippen LogP contribution in [0.15, 0.2) is 12.7 Å². The molecule has 0 bridgehead atoms. The van der Waals surface area contributed by atoms with Crippen molar-refractivity contribution in [2.45, 2.75) is 45.1 Å². The van der Waals surface area contributed by atoms with Gasteiger partial charge in [-0.15, -0.1) is 6.58 Å². The second-order valence-electron chi connectivity index (χ2n) is 4.32. The standard InChI is InChI=1S/C12H19N3/c1-3-8-15-11(13)9(2)14-12(15)10-6-4-5-7-10/h3,10H,1,4-8,13H2,2H3. The molecule has 1 aliphatic rings. The fourth-order valence-corrected chi connectivity index (χ4v) is 2.42. The lowest BCUT2D eigenvalue weighted by molar-refractivity contribution is 0.618. The largest absolute Gasteiger partial charge is 0.384 e. The SMILES string of the molecule is C=CCn1c(C2CCCC2)nc(C)c1N. The van der Waals surface area contributed by atoms with E-state index in [4.69, 9.17) is 5.73 Å². The molecular formula is C12H19N3. The summed E-state index contributed by atoms with van der Waals surface area (Å²) >= 11 is 0. The number of hydrogen-bond donors (Lipinski definition) is 1. The molecule has 82 valence electrons. The van der Waals surface area contributed by atoms with Crippen LogP contribution in [0.25, 0.3) is 0 Å². The molecule has 0 saturated heterocycles. The van der Waals surface area contributed by atoms with Gasteiger partial charge < -0.3 is 10.3 Å². The molecule has 1 saturated carbocycles. The molecule has 0 unspecified atom stereocenters. The summed E-state index contributed by atoms with van der Waals surface area (Å²) in [5.41, 5.74) is 6.97. The Hall–Kier alpha value is -1.25. The smallest absolute Gasteiger partial charge is 0.126 e. The minimum atomic E-state index is 0.612. The lowest BCUT2D eigenvalue weighted by Gasteiger charge is -2.11. The zero-order valence-electron chi connectivity index (χ0n) is 9.37. The molecule has 0 spiro atoms. The first-order valence-electron chi connectivity index (χ1n) is 5.67. The Bertz CT molecular complexity index is 359. The van der Waals surface area contributed by atoms with E-state index < -0.39 is 0 Å². The number of imidazole rings is 1. The van der Waals surface area contributed by atoms with E-state index in [9.17, 15) is 0 Å². The molecule has 15 heavy (non-hydrogen) atoms. The summed E-state index contributed by atoms with van der Waals surface area (Å²) in [7, 11) is 0. The molecule has 3 nitrogen and oxygen atoms in total. The van der Waals surface area contributed by atoms with Crippen LogP contribution in [0.2, 0.25) is 0 Å². The maximum absolute atomic E-state index is 6.01. The number of anilines is 1. The number of nitrogens with zero attached hydrogens (tertiary/aromatic N) is 2. The lowest BCUT2D eigenvalue weighted by atomic mass is 10.1. The van der Waals surface area contributed by atoms with E-state index in [2.05, 4.69) is 16.1 Å². The van der Waals surface area contributed by atoms with Crippen molar-refractivity contribution >= 4 is 5.82 Å². The van der Waals surface area contributed by atoms with Crippen LogP contribution in [0.5, 0.6) is 0 Å². The number of aromatic nitrogens is 2. The van der Waals surface area contributed by atoms with Gasteiger partial charge in [0.2, 0.25) is 0 Å². The van der Waals surface area contributed by atoms with E-state index in [1.165, 1.54) is 31.5 Å². The first kappa shape index (κ1) is 10.3. The van der Waals surface area contributed by atoms with Gasteiger partial charge in [0.15, 0.2) is 0 Å². The van der Waals surface area contributed by atoms with Gasteiger partial charge in [-0.05, 0) is 19.8 Å². The maximum atomic E-state index is 6.01. The monoisotopic (exact) mass is 205 g/mol. The van der Waals surface area contributed by atoms with Crippen LogP contribution in [0.3, 0.4) is 0 Å². The summed E-state index contributed by atoms with van der Waals surface area (Å²) in [6.45, 7) is 6.53. The number of allylic oxidation sites excluding steroid dienone is 1. The fourth-order valence-electron chi connectivity index (χ4n) is 2.42. The van der Waals surface area contributed by atoms with Crippen LogP contribution in [-0.2, 0) is 6.54 Å². The first-order chi connectivity index (χ1) is 7.24. The summed E-state index contributed by atoms with van der Waals surface area (Å²) < 4.78 is 2.11. The molecule has 0 radical (unpaired) electrons. The van der Waals surface area contributed by atoms with Crippen molar-refractivity contribution in [2.24, 2.45) is 0 Å². The summed E-state index contributed by atoms with van der Waals surface area (Å²) in [6, 6.07) is 0. The molecule has 1 heterocycles. The van der Waals surface area contributed by atoms with Crippen LogP contribution in [0.1, 0.15) is 43.1 Å². The van der Waals surface area contributed by atoms with Crippen LogP contribution >= 0.6 is 0 Å². The van der Waals surface area contributed by atoms with Crippen LogP contribution in [0.4, 0.5) is 5.82 Å². The van der Waals surface area contributed by atoms with Crippen molar-refractivity contribution in [3.8, 4) is 0 Å². The third-order valence-electron chi connectivity index (χ3n) is 3.25. The van der Waals surface area contributed by atoms with Crippen molar-refractivity contribution in [3.05, 3.63) is 24.2 Å². The van der Waals surface area contributed by atoms with Crippen molar-refractivity contribution in [1.82, 2.24) is 9.55 Å². The fraction of sp³-hybridized carbons (Fsp3) is 0.583. The molecule has 2 N–H and O–H groups in total. The number of nitrogen functional groups attached to an aromatic ring is 1. The number of aryl methyl sites for hydroxylation is 1. The van der Waals surface area contributed by atoms with Crippen LogP contribution in [0, 0.1) is 6.92 Å². The predicted octanol–water partition coefficient (Wildman–Crippen LogP) is 2.62. The minimum Gasteiger partial charge on any atom is -0.384 e. The Morgan fingerprint density at radius 2 is 2.20 bits per heavy atom. The van der Waals surface area contributed by atoms with Gasteiger partial charge in [0, 0.05) is 12.5 Å². The van der Waals surface area contributed by atoms with Crippen LogP contribution in [-0.4, -0.2) is 9.55 Å². The van der Waals surface area contributed by atoms with Gasteiger partial charge in [0.05, 0.1) is 5.69 Å². The van der Waals surface area contributed by atoms with Gasteiger partial charge in [-0.2, -0.15) is 0 Å². The Balaban J connectivity index is 2.35. The van der Waals surface area contributed by atoms with E-state index in [0.29, 0.717) is 5.92 Å². The van der Waals surface area contributed by atoms with Crippen molar-refractivity contribution in [1.29, 1.82) is 0 Å². The molecule has 0 aromatic carbocycles. The molecular weight excluding hydrogens is 186 g/mol. The Labute approximate surface area is 91.0 Å². The first-order valence-corrected chi connectivity index (χ1v) is 5.67. The van der Waals surface area contributed by atoms with Gasteiger partial charge in [-0.3, -0.25) is 0 Å². The zero-order chi connectivity index (χ0) is 10.8. The molecule has 1 aliphatic carbocycles. The lowest BCUT2D eigenvalue weighted by Crippen LogP contribution is -2.08. The van der Waals surface area contributed by atoms with Gasteiger partial charge in [0.1, 0.15) is 11.6 Å². The van der Waals surface area contributed by atoms with Crippen molar-refractivity contribution in [3.63, 3.8) is 0 Å². The van der Waals surface area contributed by atoms with Crippen molar-refractivity contribution < 1.29 is 0 Å². The highest BCUT2D eigenvalue weighted by molar-refractivity contribution is 5.38. The summed E-state index contributed by atoms with van der Waals surface area (Å²) in [6.07, 6.45) is 7.05. The van der Waals surface area contributed by atoms with Crippen molar-refractivity contribution in [2.75, 3.05) is 5.73 Å². The third-order valence-corrected chi connectivity index (χ3v) is 3.25. The van der Waals surface area contributed by atoms with E-state index >= 15 is 0 Å². The normalized spacial score (nSPS) is 17.1. The number of nitrogens with two attached hydrogens (primary N) is 1. The highest BCUT2D eigenvalue weighted by Gasteiger charge is 2.23. The number of rotatable bonds is 3. The summed E-state index contributed by atoms with van der Waals surface area (Å²) in [5, 5.41) is 0. The average molecular weight is 205 g/mol. The molecule has 2 rings (SSSR count). The molecule has 1 aromatic rings. The predicted molar refractivity (Wildman–Crippen MR) is 62.8 cm³/mol. The second kappa shape index (κ2) is 4.09. The molecule has 3 heteroatoms. The van der Waals surface area contributed by atoms with E-state index in [1.807, 2.05) is 13.0 Å². The Morgan fingerprint density at radius 1 is 1.53 bits per heavy atom.